The summed E-state index contributed by atoms with van der Waals surface area (Å²) in [6, 6.07) is 19.2. The smallest absolute Gasteiger partial charge is 0.337 e. The maximum absolute atomic E-state index is 12.0. The minimum absolute atomic E-state index is 0.127. The van der Waals surface area contributed by atoms with Crippen LogP contribution in [0, 0.1) is 0 Å². The van der Waals surface area contributed by atoms with Gasteiger partial charge in [-0.1, -0.05) is 23.2 Å². The molecule has 0 radical (unpaired) electrons. The minimum Gasteiger partial charge on any atom is -0.385 e. The molecule has 0 bridgehead atoms. The highest BCUT2D eigenvalue weighted by molar-refractivity contribution is 6.31. The molecule has 40 heavy (non-hydrogen) atoms. The van der Waals surface area contributed by atoms with E-state index < -0.39 is 12.1 Å². The SMILES string of the molecule is O=C(CCNc1ccc(NCCC(=O)NNC(=O)Nc2ccc(Cl)cc2)cc1)NNC(=O)Nc1ccc(Cl)cc1. The summed E-state index contributed by atoms with van der Waals surface area (Å²) < 4.78 is 0. The Balaban J connectivity index is 1.24. The Hall–Kier alpha value is -4.68. The number of hydrogen-bond acceptors (Lipinski definition) is 6. The molecule has 6 amide bonds. The lowest BCUT2D eigenvalue weighted by atomic mass is 10.2. The molecule has 3 aromatic carbocycles. The first-order valence-electron chi connectivity index (χ1n) is 12.1. The Bertz CT molecular complexity index is 1190. The van der Waals surface area contributed by atoms with E-state index >= 15 is 0 Å². The van der Waals surface area contributed by atoms with Gasteiger partial charge >= 0.3 is 12.1 Å². The minimum atomic E-state index is -0.583. The number of urea groups is 2. The van der Waals surface area contributed by atoms with Gasteiger partial charge in [0, 0.05) is 58.7 Å². The van der Waals surface area contributed by atoms with Gasteiger partial charge < -0.3 is 21.3 Å². The van der Waals surface area contributed by atoms with Crippen molar-refractivity contribution in [1.82, 2.24) is 21.7 Å². The van der Waals surface area contributed by atoms with Crippen LogP contribution in [0.4, 0.5) is 32.3 Å². The molecular formula is C26H28Cl2N8O4. The second kappa shape index (κ2) is 15.7. The fourth-order valence-electron chi connectivity index (χ4n) is 3.12. The highest BCUT2D eigenvalue weighted by atomic mass is 35.5. The summed E-state index contributed by atoms with van der Waals surface area (Å²) in [4.78, 5) is 47.6. The number of hydrazine groups is 2. The van der Waals surface area contributed by atoms with Gasteiger partial charge in [-0.05, 0) is 72.8 Å². The summed E-state index contributed by atoms with van der Waals surface area (Å²) in [5.74, 6) is -0.737. The fourth-order valence-corrected chi connectivity index (χ4v) is 3.37. The lowest BCUT2D eigenvalue weighted by Crippen LogP contribution is -2.44. The predicted molar refractivity (Wildman–Crippen MR) is 156 cm³/mol. The van der Waals surface area contributed by atoms with E-state index in [1.54, 1.807) is 48.5 Å². The van der Waals surface area contributed by atoms with Gasteiger partial charge in [0.1, 0.15) is 0 Å². The number of carbonyl (C=O) groups is 4. The number of rotatable bonds is 10. The average Bonchev–Trinajstić information content (AvgIpc) is 2.94. The lowest BCUT2D eigenvalue weighted by molar-refractivity contribution is -0.122. The molecule has 0 spiro atoms. The molecular weight excluding hydrogens is 559 g/mol. The van der Waals surface area contributed by atoms with Gasteiger partial charge in [-0.2, -0.15) is 0 Å². The third-order valence-corrected chi connectivity index (χ3v) is 5.59. The molecule has 0 saturated carbocycles. The van der Waals surface area contributed by atoms with Crippen LogP contribution in [0.25, 0.3) is 0 Å². The summed E-state index contributed by atoms with van der Waals surface area (Å²) in [6.07, 6.45) is 0.254. The summed E-state index contributed by atoms with van der Waals surface area (Å²) in [6.45, 7) is 0.690. The molecule has 210 valence electrons. The number of amides is 6. The molecule has 0 aliphatic heterocycles. The molecule has 0 aliphatic carbocycles. The van der Waals surface area contributed by atoms with E-state index in [1.165, 1.54) is 0 Å². The van der Waals surface area contributed by atoms with Crippen molar-refractivity contribution >= 4 is 69.8 Å². The van der Waals surface area contributed by atoms with Gasteiger partial charge in [0.15, 0.2) is 0 Å². The standard InChI is InChI=1S/C26H28Cl2N8O4/c27-17-1-5-21(6-2-17)31-25(39)35-33-23(37)13-15-29-19-9-11-20(12-10-19)30-16-14-24(38)34-36-26(40)32-22-7-3-18(28)4-8-22/h1-12,29-30H,13-16H2,(H,33,37)(H,34,38)(H2,31,35,39)(H2,32,36,40). The molecule has 0 atom stereocenters. The second-order valence-electron chi connectivity index (χ2n) is 8.20. The normalized spacial score (nSPS) is 10.1. The van der Waals surface area contributed by atoms with E-state index in [4.69, 9.17) is 23.2 Å². The van der Waals surface area contributed by atoms with Crippen molar-refractivity contribution in [2.24, 2.45) is 0 Å². The van der Waals surface area contributed by atoms with Crippen LogP contribution in [-0.2, 0) is 9.59 Å². The van der Waals surface area contributed by atoms with Crippen LogP contribution in [0.15, 0.2) is 72.8 Å². The van der Waals surface area contributed by atoms with Crippen molar-refractivity contribution in [3.63, 3.8) is 0 Å². The van der Waals surface area contributed by atoms with Crippen LogP contribution in [-0.4, -0.2) is 37.0 Å². The van der Waals surface area contributed by atoms with Gasteiger partial charge in [-0.3, -0.25) is 20.4 Å². The zero-order valence-electron chi connectivity index (χ0n) is 21.1. The average molecular weight is 587 g/mol. The Morgan fingerprint density at radius 3 is 1.15 bits per heavy atom. The van der Waals surface area contributed by atoms with Gasteiger partial charge in [-0.25, -0.2) is 20.4 Å². The van der Waals surface area contributed by atoms with E-state index in [0.717, 1.165) is 11.4 Å². The van der Waals surface area contributed by atoms with Crippen LogP contribution in [0.2, 0.25) is 10.0 Å². The Morgan fingerprint density at radius 1 is 0.475 bits per heavy atom. The quantitative estimate of drug-likeness (QED) is 0.165. The highest BCUT2D eigenvalue weighted by Gasteiger charge is 2.07. The zero-order valence-corrected chi connectivity index (χ0v) is 22.7. The predicted octanol–water partition coefficient (Wildman–Crippen LogP) is 4.30. The maximum Gasteiger partial charge on any atom is 0.337 e. The van der Waals surface area contributed by atoms with E-state index in [1.807, 2.05) is 24.3 Å². The Kier molecular flexibility index (Phi) is 11.7. The van der Waals surface area contributed by atoms with Crippen molar-refractivity contribution in [2.45, 2.75) is 12.8 Å². The van der Waals surface area contributed by atoms with E-state index in [2.05, 4.69) is 43.0 Å². The molecule has 8 N–H and O–H groups in total. The molecule has 0 fully saturated rings. The van der Waals surface area contributed by atoms with Crippen molar-refractivity contribution in [3.05, 3.63) is 82.8 Å². The Morgan fingerprint density at radius 2 is 0.800 bits per heavy atom. The first kappa shape index (κ1) is 29.9. The van der Waals surface area contributed by atoms with Gasteiger partial charge in [0.25, 0.3) is 0 Å². The first-order valence-corrected chi connectivity index (χ1v) is 12.8. The summed E-state index contributed by atoms with van der Waals surface area (Å²) >= 11 is 11.6. The molecule has 0 unspecified atom stereocenters. The van der Waals surface area contributed by atoms with Gasteiger partial charge in [0.05, 0.1) is 0 Å². The van der Waals surface area contributed by atoms with Crippen LogP contribution in [0.3, 0.4) is 0 Å². The molecule has 14 heteroatoms. The number of hydrogen-bond donors (Lipinski definition) is 8. The topological polar surface area (TPSA) is 165 Å². The molecule has 3 aromatic rings. The second-order valence-corrected chi connectivity index (χ2v) is 9.07. The molecule has 0 heterocycles. The summed E-state index contributed by atoms with van der Waals surface area (Å²) in [5.41, 5.74) is 11.9. The number of halogens is 2. The monoisotopic (exact) mass is 586 g/mol. The number of anilines is 4. The third kappa shape index (κ3) is 11.4. The van der Waals surface area contributed by atoms with Crippen LogP contribution in [0.5, 0.6) is 0 Å². The van der Waals surface area contributed by atoms with Crippen LogP contribution >= 0.6 is 23.2 Å². The molecule has 0 aromatic heterocycles. The molecule has 12 nitrogen and oxygen atoms in total. The molecule has 0 aliphatic rings. The van der Waals surface area contributed by atoms with E-state index in [0.29, 0.717) is 34.5 Å². The maximum atomic E-state index is 12.0. The van der Waals surface area contributed by atoms with Gasteiger partial charge in [-0.15, -0.1) is 0 Å². The van der Waals surface area contributed by atoms with E-state index in [9.17, 15) is 19.2 Å². The Labute approximate surface area is 240 Å². The fraction of sp³-hybridized carbons (Fsp3) is 0.154. The van der Waals surface area contributed by atoms with Crippen LogP contribution in [0.1, 0.15) is 12.8 Å². The van der Waals surface area contributed by atoms with Crippen molar-refractivity contribution in [2.75, 3.05) is 34.4 Å². The largest absolute Gasteiger partial charge is 0.385 e. The number of benzene rings is 3. The third-order valence-electron chi connectivity index (χ3n) is 5.08. The first-order chi connectivity index (χ1) is 19.3. The number of carbonyl (C=O) groups excluding carboxylic acids is 4. The lowest BCUT2D eigenvalue weighted by Gasteiger charge is -2.11. The molecule has 0 saturated heterocycles. The molecule has 3 rings (SSSR count). The highest BCUT2D eigenvalue weighted by Crippen LogP contribution is 2.15. The van der Waals surface area contributed by atoms with Crippen molar-refractivity contribution < 1.29 is 19.2 Å². The summed E-state index contributed by atoms with van der Waals surface area (Å²) in [5, 5.41) is 12.4. The van der Waals surface area contributed by atoms with Crippen molar-refractivity contribution in [1.29, 1.82) is 0 Å². The van der Waals surface area contributed by atoms with Crippen molar-refractivity contribution in [3.8, 4) is 0 Å². The van der Waals surface area contributed by atoms with E-state index in [-0.39, 0.29) is 24.7 Å². The van der Waals surface area contributed by atoms with Gasteiger partial charge in [0.2, 0.25) is 11.8 Å². The summed E-state index contributed by atoms with van der Waals surface area (Å²) in [7, 11) is 0. The van der Waals surface area contributed by atoms with Crippen LogP contribution < -0.4 is 43.0 Å². The zero-order chi connectivity index (χ0) is 28.7. The number of nitrogens with one attached hydrogen (secondary N) is 8.